The molecule has 0 N–H and O–H groups in total. The van der Waals surface area contributed by atoms with Crippen LogP contribution in [-0.4, -0.2) is 55.0 Å². The van der Waals surface area contributed by atoms with Gasteiger partial charge in [0.15, 0.2) is 0 Å². The van der Waals surface area contributed by atoms with Gasteiger partial charge in [-0.15, -0.1) is 0 Å². The van der Waals surface area contributed by atoms with E-state index in [-0.39, 0.29) is 24.4 Å². The quantitative estimate of drug-likeness (QED) is 0.584. The molecule has 30 heavy (non-hydrogen) atoms. The molecule has 0 unspecified atom stereocenters. The number of pyridine rings is 2. The molecule has 0 fully saturated rings. The number of carbonyl (C=O) groups excluding carboxylic acids is 1. The van der Waals surface area contributed by atoms with Crippen molar-refractivity contribution in [1.82, 2.24) is 29.9 Å². The minimum atomic E-state index is -4.46. The summed E-state index contributed by atoms with van der Waals surface area (Å²) in [5, 5.41) is 8.11. The van der Waals surface area contributed by atoms with Gasteiger partial charge in [-0.25, -0.2) is 4.98 Å². The van der Waals surface area contributed by atoms with Gasteiger partial charge in [0.2, 0.25) is 5.88 Å². The summed E-state index contributed by atoms with van der Waals surface area (Å²) in [6.45, 7) is 4.01. The van der Waals surface area contributed by atoms with E-state index in [1.807, 2.05) is 6.92 Å². The topological polar surface area (TPSA) is 86.0 Å². The van der Waals surface area contributed by atoms with Crippen molar-refractivity contribution >= 4 is 5.91 Å². The minimum absolute atomic E-state index is 0.0427. The molecule has 0 spiro atoms. The molecule has 0 aliphatic heterocycles. The van der Waals surface area contributed by atoms with Crippen molar-refractivity contribution in [3.63, 3.8) is 0 Å². The van der Waals surface area contributed by atoms with E-state index < -0.39 is 11.7 Å². The Balaban J connectivity index is 1.71. The van der Waals surface area contributed by atoms with Gasteiger partial charge in [-0.05, 0) is 26.0 Å². The largest absolute Gasteiger partial charge is 0.475 e. The van der Waals surface area contributed by atoms with Gasteiger partial charge in [0, 0.05) is 31.2 Å². The maximum absolute atomic E-state index is 13.1. The van der Waals surface area contributed by atoms with Crippen molar-refractivity contribution in [1.29, 1.82) is 0 Å². The summed E-state index contributed by atoms with van der Waals surface area (Å²) in [4.78, 5) is 23.7. The molecule has 0 aromatic carbocycles. The van der Waals surface area contributed by atoms with E-state index in [4.69, 9.17) is 4.74 Å². The molecule has 3 heterocycles. The molecule has 0 radical (unpaired) electrons. The SMILES string of the molecule is CCN(C(=O)c1cnccc1-n1nccn1)[C@@H](C)COc1ccc(C(F)(F)F)cn1. The molecule has 8 nitrogen and oxygen atoms in total. The summed E-state index contributed by atoms with van der Waals surface area (Å²) in [5.74, 6) is -0.254. The van der Waals surface area contributed by atoms with Crippen LogP contribution in [0.5, 0.6) is 5.88 Å². The molecule has 0 aliphatic carbocycles. The third-order valence-corrected chi connectivity index (χ3v) is 4.33. The second-order valence-corrected chi connectivity index (χ2v) is 6.35. The molecule has 3 aromatic rings. The molecule has 0 bridgehead atoms. The van der Waals surface area contributed by atoms with E-state index in [2.05, 4.69) is 20.2 Å². The molecule has 0 saturated carbocycles. The van der Waals surface area contributed by atoms with Crippen LogP contribution in [0.4, 0.5) is 13.2 Å². The first-order valence-electron chi connectivity index (χ1n) is 9.09. The molecule has 11 heteroatoms. The van der Waals surface area contributed by atoms with Crippen LogP contribution in [0.2, 0.25) is 0 Å². The first-order chi connectivity index (χ1) is 14.3. The highest BCUT2D eigenvalue weighted by Gasteiger charge is 2.31. The second kappa shape index (κ2) is 8.89. The Kier molecular flexibility index (Phi) is 6.28. The number of aromatic nitrogens is 5. The number of rotatable bonds is 7. The Morgan fingerprint density at radius 1 is 1.17 bits per heavy atom. The van der Waals surface area contributed by atoms with Crippen molar-refractivity contribution in [3.8, 4) is 11.6 Å². The summed E-state index contributed by atoms with van der Waals surface area (Å²) in [7, 11) is 0. The Labute approximate surface area is 170 Å². The van der Waals surface area contributed by atoms with Crippen LogP contribution in [0, 0.1) is 0 Å². The van der Waals surface area contributed by atoms with Gasteiger partial charge in [0.25, 0.3) is 5.91 Å². The monoisotopic (exact) mass is 420 g/mol. The van der Waals surface area contributed by atoms with Crippen LogP contribution < -0.4 is 4.74 Å². The molecular formula is C19H19F3N6O2. The van der Waals surface area contributed by atoms with Crippen LogP contribution in [0.25, 0.3) is 5.69 Å². The number of nitrogens with zero attached hydrogens (tertiary/aromatic N) is 6. The van der Waals surface area contributed by atoms with Crippen LogP contribution in [-0.2, 0) is 6.18 Å². The van der Waals surface area contributed by atoms with Crippen molar-refractivity contribution in [3.05, 3.63) is 60.3 Å². The molecule has 0 saturated heterocycles. The zero-order valence-electron chi connectivity index (χ0n) is 16.2. The number of ether oxygens (including phenoxy) is 1. The number of carbonyl (C=O) groups is 1. The van der Waals surface area contributed by atoms with Crippen LogP contribution in [0.3, 0.4) is 0 Å². The fourth-order valence-electron chi connectivity index (χ4n) is 2.81. The number of alkyl halides is 3. The van der Waals surface area contributed by atoms with E-state index in [1.165, 1.54) is 29.6 Å². The lowest BCUT2D eigenvalue weighted by Crippen LogP contribution is -2.42. The molecule has 0 aliphatic rings. The van der Waals surface area contributed by atoms with E-state index in [9.17, 15) is 18.0 Å². The third kappa shape index (κ3) is 4.73. The number of amides is 1. The average molecular weight is 420 g/mol. The van der Waals surface area contributed by atoms with E-state index in [0.29, 0.717) is 24.0 Å². The van der Waals surface area contributed by atoms with E-state index in [0.717, 1.165) is 12.1 Å². The van der Waals surface area contributed by atoms with Gasteiger partial charge in [-0.3, -0.25) is 9.78 Å². The fraction of sp³-hybridized carbons (Fsp3) is 0.316. The van der Waals surface area contributed by atoms with Crippen molar-refractivity contribution in [2.24, 2.45) is 0 Å². The lowest BCUT2D eigenvalue weighted by Gasteiger charge is -2.28. The predicted molar refractivity (Wildman–Crippen MR) is 100 cm³/mol. The summed E-state index contributed by atoms with van der Waals surface area (Å²) in [5.41, 5.74) is -0.0596. The van der Waals surface area contributed by atoms with Crippen LogP contribution >= 0.6 is 0 Å². The van der Waals surface area contributed by atoms with Crippen LogP contribution in [0.1, 0.15) is 29.8 Å². The first-order valence-corrected chi connectivity index (χ1v) is 9.09. The standard InChI is InChI=1S/C19H19F3N6O2/c1-3-27(13(2)12-30-17-5-4-14(10-24-17)19(20,21)22)18(29)15-11-23-7-6-16(15)28-25-8-9-26-28/h4-11,13H,3,12H2,1-2H3/t13-/m0/s1. The lowest BCUT2D eigenvalue weighted by molar-refractivity contribution is -0.137. The Morgan fingerprint density at radius 3 is 2.50 bits per heavy atom. The maximum atomic E-state index is 13.1. The summed E-state index contributed by atoms with van der Waals surface area (Å²) < 4.78 is 43.4. The van der Waals surface area contributed by atoms with Gasteiger partial charge in [0.05, 0.1) is 29.6 Å². The van der Waals surface area contributed by atoms with Gasteiger partial charge in [0.1, 0.15) is 12.3 Å². The van der Waals surface area contributed by atoms with Gasteiger partial charge < -0.3 is 9.64 Å². The molecule has 1 amide bonds. The maximum Gasteiger partial charge on any atom is 0.417 e. The zero-order valence-corrected chi connectivity index (χ0v) is 16.2. The molecule has 158 valence electrons. The van der Waals surface area contributed by atoms with Gasteiger partial charge in [-0.2, -0.15) is 28.2 Å². The summed E-state index contributed by atoms with van der Waals surface area (Å²) >= 11 is 0. The molecule has 3 rings (SSSR count). The smallest absolute Gasteiger partial charge is 0.417 e. The third-order valence-electron chi connectivity index (χ3n) is 4.33. The van der Waals surface area contributed by atoms with Gasteiger partial charge in [-0.1, -0.05) is 0 Å². The van der Waals surface area contributed by atoms with Gasteiger partial charge >= 0.3 is 6.18 Å². The highest BCUT2D eigenvalue weighted by molar-refractivity contribution is 5.97. The number of likely N-dealkylation sites (N-methyl/N-ethyl adjacent to an activating group) is 1. The number of hydrogen-bond donors (Lipinski definition) is 0. The Bertz CT molecular complexity index is 977. The average Bonchev–Trinajstić information content (AvgIpc) is 3.27. The van der Waals surface area contributed by atoms with Crippen molar-refractivity contribution in [2.75, 3.05) is 13.2 Å². The Hall–Kier alpha value is -3.50. The normalized spacial score (nSPS) is 12.4. The molecule has 3 aromatic heterocycles. The second-order valence-electron chi connectivity index (χ2n) is 6.35. The van der Waals surface area contributed by atoms with E-state index >= 15 is 0 Å². The van der Waals surface area contributed by atoms with Crippen LogP contribution in [0.15, 0.2) is 49.2 Å². The fourth-order valence-corrected chi connectivity index (χ4v) is 2.81. The molecular weight excluding hydrogens is 401 g/mol. The number of hydrogen-bond acceptors (Lipinski definition) is 6. The lowest BCUT2D eigenvalue weighted by atomic mass is 10.1. The predicted octanol–water partition coefficient (Wildman–Crippen LogP) is 3.01. The molecule has 1 atom stereocenters. The first kappa shape index (κ1) is 21.2. The van der Waals surface area contributed by atoms with Crippen molar-refractivity contribution in [2.45, 2.75) is 26.1 Å². The van der Waals surface area contributed by atoms with E-state index in [1.54, 1.807) is 17.9 Å². The highest BCUT2D eigenvalue weighted by atomic mass is 19.4. The zero-order chi connectivity index (χ0) is 21.7. The number of halogens is 3. The minimum Gasteiger partial charge on any atom is -0.475 e. The van der Waals surface area contributed by atoms with Crippen molar-refractivity contribution < 1.29 is 22.7 Å². The highest BCUT2D eigenvalue weighted by Crippen LogP contribution is 2.29. The summed E-state index contributed by atoms with van der Waals surface area (Å²) in [6.07, 6.45) is 2.22. The summed E-state index contributed by atoms with van der Waals surface area (Å²) in [6, 6.07) is 3.30. The Morgan fingerprint density at radius 2 is 1.90 bits per heavy atom.